The van der Waals surface area contributed by atoms with E-state index < -0.39 is 0 Å². The molecule has 0 aromatic heterocycles. The van der Waals surface area contributed by atoms with Gasteiger partial charge in [-0.3, -0.25) is 4.79 Å². The molecule has 3 rings (SSSR count). The van der Waals surface area contributed by atoms with Gasteiger partial charge in [-0.2, -0.15) is 0 Å². The maximum absolute atomic E-state index is 13.2. The second-order valence-corrected chi connectivity index (χ2v) is 7.12. The number of ether oxygens (including phenoxy) is 2. The number of Topliss-reactive ketones (excluding diaryl/α,β-unsaturated/α-hetero) is 1. The first-order valence-corrected chi connectivity index (χ1v) is 9.42. The van der Waals surface area contributed by atoms with E-state index in [4.69, 9.17) is 9.47 Å². The second kappa shape index (κ2) is 8.78. The molecule has 2 aromatic rings. The maximum atomic E-state index is 13.2. The third-order valence-electron chi connectivity index (χ3n) is 4.93. The lowest BCUT2D eigenvalue weighted by molar-refractivity contribution is -0.113. The molecule has 1 aliphatic heterocycles. The molecule has 0 atom stereocenters. The number of hydrogen-bond donors (Lipinski definition) is 2. The van der Waals surface area contributed by atoms with Gasteiger partial charge in [0.25, 0.3) is 0 Å². The molecule has 2 aromatic carbocycles. The summed E-state index contributed by atoms with van der Waals surface area (Å²) in [5, 5.41) is 20.1. The molecule has 2 N–H and O–H groups in total. The van der Waals surface area contributed by atoms with Crippen LogP contribution in [0.3, 0.4) is 0 Å². The van der Waals surface area contributed by atoms with Gasteiger partial charge in [0.1, 0.15) is 0 Å². The fourth-order valence-corrected chi connectivity index (χ4v) is 3.31. The molecule has 1 aliphatic rings. The summed E-state index contributed by atoms with van der Waals surface area (Å²) in [6.45, 7) is 6.75. The molecular formula is C24H25NO5. The Hall–Kier alpha value is -3.67. The number of rotatable bonds is 5. The Morgan fingerprint density at radius 1 is 0.933 bits per heavy atom. The zero-order valence-electron chi connectivity index (χ0n) is 17.3. The van der Waals surface area contributed by atoms with Crippen LogP contribution in [0.1, 0.15) is 18.1 Å². The van der Waals surface area contributed by atoms with Crippen molar-refractivity contribution in [3.63, 3.8) is 0 Å². The average molecular weight is 407 g/mol. The van der Waals surface area contributed by atoms with E-state index in [9.17, 15) is 15.0 Å². The molecule has 0 bridgehead atoms. The molecule has 6 nitrogen and oxygen atoms in total. The second-order valence-electron chi connectivity index (χ2n) is 7.12. The third-order valence-corrected chi connectivity index (χ3v) is 4.93. The normalized spacial score (nSPS) is 16.8. The zero-order valence-corrected chi connectivity index (χ0v) is 17.3. The van der Waals surface area contributed by atoms with E-state index in [1.807, 2.05) is 11.8 Å². The fourth-order valence-electron chi connectivity index (χ4n) is 3.31. The summed E-state index contributed by atoms with van der Waals surface area (Å²) >= 11 is 0. The van der Waals surface area contributed by atoms with E-state index >= 15 is 0 Å². The summed E-state index contributed by atoms with van der Waals surface area (Å²) in [7, 11) is 2.97. The Morgan fingerprint density at radius 3 is 1.70 bits per heavy atom. The van der Waals surface area contributed by atoms with Gasteiger partial charge in [0, 0.05) is 29.9 Å². The molecule has 0 unspecified atom stereocenters. The quantitative estimate of drug-likeness (QED) is 0.730. The van der Waals surface area contributed by atoms with E-state index in [1.54, 1.807) is 48.6 Å². The minimum atomic E-state index is -0.0851. The van der Waals surface area contributed by atoms with Crippen LogP contribution >= 0.6 is 0 Å². The summed E-state index contributed by atoms with van der Waals surface area (Å²) in [6.07, 6.45) is 3.52. The third kappa shape index (κ3) is 4.49. The molecule has 0 saturated carbocycles. The van der Waals surface area contributed by atoms with E-state index in [0.29, 0.717) is 46.9 Å². The number of nitrogens with zero attached hydrogens (tertiary/aromatic N) is 1. The van der Waals surface area contributed by atoms with Crippen molar-refractivity contribution in [3.05, 3.63) is 70.9 Å². The first-order chi connectivity index (χ1) is 14.3. The van der Waals surface area contributed by atoms with Crippen LogP contribution < -0.4 is 9.47 Å². The largest absolute Gasteiger partial charge is 0.504 e. The standard InChI is InChI=1S/C24H25NO5/c1-15(2)25-13-18(9-16-5-7-22(29-3)20(26)11-16)24(28)19(14-25)10-17-6-8-23(30-4)21(27)12-17/h5-12,26-27H,1,13-14H2,2-4H3/b18-9+,19-10+. The van der Waals surface area contributed by atoms with E-state index in [1.165, 1.54) is 14.2 Å². The van der Waals surface area contributed by atoms with Gasteiger partial charge >= 0.3 is 0 Å². The molecule has 30 heavy (non-hydrogen) atoms. The van der Waals surface area contributed by atoms with Crippen molar-refractivity contribution in [1.29, 1.82) is 0 Å². The molecule has 6 heteroatoms. The summed E-state index contributed by atoms with van der Waals surface area (Å²) in [5.41, 5.74) is 3.40. The number of phenolic OH excluding ortho intramolecular Hbond substituents is 2. The monoisotopic (exact) mass is 407 g/mol. The Kier molecular flexibility index (Phi) is 6.16. The Morgan fingerprint density at radius 2 is 1.37 bits per heavy atom. The highest BCUT2D eigenvalue weighted by atomic mass is 16.5. The van der Waals surface area contributed by atoms with Crippen LogP contribution in [0.15, 0.2) is 59.8 Å². The minimum Gasteiger partial charge on any atom is -0.504 e. The molecule has 0 spiro atoms. The Labute approximate surface area is 176 Å². The molecule has 156 valence electrons. The molecule has 0 aliphatic carbocycles. The number of aromatic hydroxyl groups is 2. The van der Waals surface area contributed by atoms with Crippen LogP contribution in [0.2, 0.25) is 0 Å². The van der Waals surface area contributed by atoms with Crippen LogP contribution in [0, 0.1) is 0 Å². The predicted octanol–water partition coefficient (Wildman–Crippen LogP) is 4.00. The van der Waals surface area contributed by atoms with Crippen molar-refractivity contribution < 1.29 is 24.5 Å². The fraction of sp³-hybridized carbons (Fsp3) is 0.208. The lowest BCUT2D eigenvalue weighted by Gasteiger charge is -2.31. The highest BCUT2D eigenvalue weighted by molar-refractivity contribution is 6.14. The number of carbonyl (C=O) groups excluding carboxylic acids is 1. The van der Waals surface area contributed by atoms with Gasteiger partial charge in [-0.25, -0.2) is 0 Å². The summed E-state index contributed by atoms with van der Waals surface area (Å²) in [5.74, 6) is 0.678. The summed E-state index contributed by atoms with van der Waals surface area (Å²) < 4.78 is 10.1. The van der Waals surface area contributed by atoms with Crippen molar-refractivity contribution in [2.24, 2.45) is 0 Å². The number of ketones is 1. The smallest absolute Gasteiger partial charge is 0.188 e. The lowest BCUT2D eigenvalue weighted by atomic mass is 9.94. The first-order valence-electron chi connectivity index (χ1n) is 9.42. The average Bonchev–Trinajstić information content (AvgIpc) is 2.71. The molecule has 0 amide bonds. The molecule has 1 heterocycles. The van der Waals surface area contributed by atoms with Crippen LogP contribution in [-0.2, 0) is 4.79 Å². The van der Waals surface area contributed by atoms with E-state index in [0.717, 1.165) is 5.70 Å². The number of phenols is 2. The Balaban J connectivity index is 1.99. The SMILES string of the molecule is C=C(C)N1C/C(=C\c2ccc(OC)c(O)c2)C(=O)/C(=C/c2ccc(OC)c(O)c2)C1. The van der Waals surface area contributed by atoms with Crippen molar-refractivity contribution in [3.8, 4) is 23.0 Å². The lowest BCUT2D eigenvalue weighted by Crippen LogP contribution is -2.36. The number of piperidine rings is 1. The summed E-state index contributed by atoms with van der Waals surface area (Å²) in [6, 6.07) is 9.99. The van der Waals surface area contributed by atoms with Crippen molar-refractivity contribution in [2.45, 2.75) is 6.92 Å². The predicted molar refractivity (Wildman–Crippen MR) is 117 cm³/mol. The number of methoxy groups -OCH3 is 2. The van der Waals surface area contributed by atoms with Crippen LogP contribution in [-0.4, -0.2) is 48.2 Å². The number of hydrogen-bond acceptors (Lipinski definition) is 6. The van der Waals surface area contributed by atoms with E-state index in [-0.39, 0.29) is 17.3 Å². The highest BCUT2D eigenvalue weighted by Gasteiger charge is 2.26. The van der Waals surface area contributed by atoms with Gasteiger partial charge in [0.15, 0.2) is 28.8 Å². The van der Waals surface area contributed by atoms with Crippen molar-refractivity contribution in [1.82, 2.24) is 4.90 Å². The van der Waals surface area contributed by atoms with Crippen LogP contribution in [0.25, 0.3) is 12.2 Å². The molecule has 1 saturated heterocycles. The molecular weight excluding hydrogens is 382 g/mol. The summed E-state index contributed by atoms with van der Waals surface area (Å²) in [4.78, 5) is 15.2. The van der Waals surface area contributed by atoms with Gasteiger partial charge in [-0.15, -0.1) is 0 Å². The van der Waals surface area contributed by atoms with E-state index in [2.05, 4.69) is 6.58 Å². The van der Waals surface area contributed by atoms with Gasteiger partial charge < -0.3 is 24.6 Å². The van der Waals surface area contributed by atoms with Crippen molar-refractivity contribution in [2.75, 3.05) is 27.3 Å². The number of likely N-dealkylation sites (tertiary alicyclic amines) is 1. The topological polar surface area (TPSA) is 79.2 Å². The minimum absolute atomic E-state index is 0.0105. The highest BCUT2D eigenvalue weighted by Crippen LogP contribution is 2.31. The maximum Gasteiger partial charge on any atom is 0.188 e. The number of benzene rings is 2. The van der Waals surface area contributed by atoms with Gasteiger partial charge in [-0.05, 0) is 54.5 Å². The number of allylic oxidation sites excluding steroid dienone is 1. The van der Waals surface area contributed by atoms with Crippen molar-refractivity contribution >= 4 is 17.9 Å². The zero-order chi connectivity index (χ0) is 21.8. The molecule has 1 fully saturated rings. The van der Waals surface area contributed by atoms with Gasteiger partial charge in [0.05, 0.1) is 14.2 Å². The van der Waals surface area contributed by atoms with Gasteiger partial charge in [-0.1, -0.05) is 18.7 Å². The van der Waals surface area contributed by atoms with Crippen LogP contribution in [0.5, 0.6) is 23.0 Å². The first kappa shape index (κ1) is 21.0. The number of carbonyl (C=O) groups is 1. The van der Waals surface area contributed by atoms with Crippen LogP contribution in [0.4, 0.5) is 0 Å². The van der Waals surface area contributed by atoms with Gasteiger partial charge in [0.2, 0.25) is 0 Å². The Bertz CT molecular complexity index is 976. The molecule has 0 radical (unpaired) electrons.